The van der Waals surface area contributed by atoms with Crippen molar-refractivity contribution in [3.05, 3.63) is 91.0 Å². The molecule has 5 rings (SSSR count). The van der Waals surface area contributed by atoms with Crippen LogP contribution >= 0.6 is 0 Å². The van der Waals surface area contributed by atoms with E-state index in [1.54, 1.807) is 0 Å². The molecule has 0 aliphatic rings. The molecule has 6 nitrogen and oxygen atoms in total. The summed E-state index contributed by atoms with van der Waals surface area (Å²) in [6.07, 6.45) is 0. The van der Waals surface area contributed by atoms with Crippen LogP contribution in [0.1, 0.15) is 0 Å². The molecule has 0 saturated heterocycles. The van der Waals surface area contributed by atoms with Gasteiger partial charge in [-0.1, -0.05) is 78.9 Å². The molecular weight excluding hydrogens is 374 g/mol. The molecule has 0 aliphatic carbocycles. The Morgan fingerprint density at radius 1 is 0.667 bits per heavy atom. The molecule has 0 unspecified atom stereocenters. The lowest BCUT2D eigenvalue weighted by Gasteiger charge is -2.06. The van der Waals surface area contributed by atoms with Crippen molar-refractivity contribution in [2.75, 3.05) is 0 Å². The van der Waals surface area contributed by atoms with E-state index < -0.39 is 0 Å². The number of nitrogens with zero attached hydrogens (tertiary/aromatic N) is 4. The van der Waals surface area contributed by atoms with Gasteiger partial charge >= 0.3 is 0 Å². The highest BCUT2D eigenvalue weighted by Crippen LogP contribution is 2.36. The number of H-pyrrole nitrogens is 1. The molecule has 0 bridgehead atoms. The summed E-state index contributed by atoms with van der Waals surface area (Å²) in [5.41, 5.74) is 4.57. The fraction of sp³-hybridized carbons (Fsp3) is 0. The lowest BCUT2D eigenvalue weighted by atomic mass is 10.1. The first-order valence-corrected chi connectivity index (χ1v) is 9.49. The van der Waals surface area contributed by atoms with E-state index in [9.17, 15) is 5.11 Å². The predicted molar refractivity (Wildman–Crippen MR) is 117 cm³/mol. The monoisotopic (exact) mass is 391 g/mol. The zero-order valence-electron chi connectivity index (χ0n) is 15.9. The molecule has 3 aromatic carbocycles. The van der Waals surface area contributed by atoms with Crippen molar-refractivity contribution in [3.8, 4) is 28.4 Å². The van der Waals surface area contributed by atoms with Gasteiger partial charge in [0.25, 0.3) is 5.95 Å². The first-order valence-electron chi connectivity index (χ1n) is 9.49. The number of aromatic amines is 1. The lowest BCUT2D eigenvalue weighted by molar-refractivity contribution is 0.459. The van der Waals surface area contributed by atoms with E-state index in [1.165, 1.54) is 0 Å². The topological polar surface area (TPSA) is 86.5 Å². The zero-order valence-corrected chi connectivity index (χ0v) is 15.9. The summed E-state index contributed by atoms with van der Waals surface area (Å²) in [7, 11) is 0. The molecule has 2 heterocycles. The number of benzene rings is 3. The highest BCUT2D eigenvalue weighted by atomic mass is 16.3. The van der Waals surface area contributed by atoms with Crippen molar-refractivity contribution in [1.29, 1.82) is 0 Å². The number of hydrogen-bond donors (Lipinski definition) is 2. The molecule has 2 N–H and O–H groups in total. The molecule has 0 spiro atoms. The van der Waals surface area contributed by atoms with Crippen LogP contribution in [0.2, 0.25) is 0 Å². The Labute approximate surface area is 172 Å². The third-order valence-electron chi connectivity index (χ3n) is 4.75. The van der Waals surface area contributed by atoms with Gasteiger partial charge in [0, 0.05) is 16.5 Å². The van der Waals surface area contributed by atoms with Crippen molar-refractivity contribution in [1.82, 2.24) is 15.0 Å². The van der Waals surface area contributed by atoms with Gasteiger partial charge in [0.2, 0.25) is 5.88 Å². The Hall–Kier alpha value is -4.32. The Kier molecular flexibility index (Phi) is 4.50. The number of fused-ring (bicyclic) bond motifs is 1. The summed E-state index contributed by atoms with van der Waals surface area (Å²) >= 11 is 0. The average molecular weight is 391 g/mol. The minimum Gasteiger partial charge on any atom is -0.493 e. The molecule has 0 fully saturated rings. The number of aromatic hydroxyl groups is 1. The molecule has 0 atom stereocenters. The highest BCUT2D eigenvalue weighted by molar-refractivity contribution is 5.94. The largest absolute Gasteiger partial charge is 0.493 e. The number of para-hydroxylation sites is 1. The van der Waals surface area contributed by atoms with E-state index in [0.717, 1.165) is 33.4 Å². The number of nitrogens with one attached hydrogen (secondary N) is 1. The Balaban J connectivity index is 1.62. The van der Waals surface area contributed by atoms with E-state index in [1.807, 2.05) is 91.0 Å². The quantitative estimate of drug-likeness (QED) is 0.347. The van der Waals surface area contributed by atoms with Gasteiger partial charge in [-0.25, -0.2) is 9.97 Å². The highest BCUT2D eigenvalue weighted by Gasteiger charge is 2.11. The summed E-state index contributed by atoms with van der Waals surface area (Å²) in [4.78, 5) is 12.0. The second-order valence-corrected chi connectivity index (χ2v) is 6.74. The van der Waals surface area contributed by atoms with Crippen molar-refractivity contribution in [2.24, 2.45) is 10.2 Å². The lowest BCUT2D eigenvalue weighted by Crippen LogP contribution is -1.91. The molecule has 0 amide bonds. The number of azo groups is 1. The smallest absolute Gasteiger partial charge is 0.270 e. The Morgan fingerprint density at radius 3 is 1.87 bits per heavy atom. The molecule has 0 radical (unpaired) electrons. The number of aromatic nitrogens is 3. The molecule has 2 aromatic heterocycles. The van der Waals surface area contributed by atoms with Crippen LogP contribution in [0.3, 0.4) is 0 Å². The van der Waals surface area contributed by atoms with Gasteiger partial charge in [0.05, 0.1) is 16.9 Å². The molecule has 0 aliphatic heterocycles. The van der Waals surface area contributed by atoms with Gasteiger partial charge in [0.1, 0.15) is 0 Å². The summed E-state index contributed by atoms with van der Waals surface area (Å²) in [5.74, 6) is 0.183. The van der Waals surface area contributed by atoms with E-state index in [2.05, 4.69) is 25.2 Å². The van der Waals surface area contributed by atoms with Crippen LogP contribution in [0, 0.1) is 0 Å². The third-order valence-corrected chi connectivity index (χ3v) is 4.75. The molecule has 144 valence electrons. The van der Waals surface area contributed by atoms with Gasteiger partial charge in [-0.15, -0.1) is 10.2 Å². The molecule has 30 heavy (non-hydrogen) atoms. The van der Waals surface area contributed by atoms with E-state index in [-0.39, 0.29) is 11.8 Å². The maximum Gasteiger partial charge on any atom is 0.270 e. The summed E-state index contributed by atoms with van der Waals surface area (Å²) < 4.78 is 0. The third kappa shape index (κ3) is 3.42. The molecule has 0 saturated carbocycles. The Bertz CT molecular complexity index is 1290. The maximum atomic E-state index is 10.2. The van der Waals surface area contributed by atoms with Crippen LogP contribution in [-0.4, -0.2) is 20.1 Å². The van der Waals surface area contributed by atoms with Crippen LogP contribution in [-0.2, 0) is 0 Å². The minimum absolute atomic E-state index is 0.0394. The van der Waals surface area contributed by atoms with Crippen LogP contribution in [0.25, 0.3) is 33.4 Å². The predicted octanol–water partition coefficient (Wildman–Crippen LogP) is 6.41. The normalized spacial score (nSPS) is 11.3. The van der Waals surface area contributed by atoms with Gasteiger partial charge in [-0.2, -0.15) is 0 Å². The van der Waals surface area contributed by atoms with Crippen LogP contribution in [0.15, 0.2) is 101 Å². The zero-order chi connectivity index (χ0) is 20.3. The fourth-order valence-corrected chi connectivity index (χ4v) is 3.30. The van der Waals surface area contributed by atoms with Crippen molar-refractivity contribution < 1.29 is 5.11 Å². The summed E-state index contributed by atoms with van der Waals surface area (Å²) in [6.45, 7) is 0. The van der Waals surface area contributed by atoms with Crippen LogP contribution in [0.5, 0.6) is 5.88 Å². The van der Waals surface area contributed by atoms with Gasteiger partial charge in [0.15, 0.2) is 5.69 Å². The SMILES string of the molecule is Oc1[nH]c2ccccc2c1N=Nc1nc(-c2ccccc2)cc(-c2ccccc2)n1. The first kappa shape index (κ1) is 17.8. The first-order chi connectivity index (χ1) is 14.8. The number of rotatable bonds is 4. The molecule has 6 heteroatoms. The number of hydrogen-bond acceptors (Lipinski definition) is 5. The van der Waals surface area contributed by atoms with E-state index in [4.69, 9.17) is 0 Å². The standard InChI is InChI=1S/C24H17N5O/c30-23-22(18-13-7-8-14-19(18)25-23)28-29-24-26-20(16-9-3-1-4-10-16)15-21(27-24)17-11-5-2-6-12-17/h1-15,25,30H. The maximum absolute atomic E-state index is 10.2. The van der Waals surface area contributed by atoms with Gasteiger partial charge in [-0.3, -0.25) is 0 Å². The average Bonchev–Trinajstić information content (AvgIpc) is 3.13. The summed E-state index contributed by atoms with van der Waals surface area (Å²) in [6, 6.07) is 29.2. The molecular formula is C24H17N5O. The van der Waals surface area contributed by atoms with E-state index in [0.29, 0.717) is 5.69 Å². The second-order valence-electron chi connectivity index (χ2n) is 6.74. The van der Waals surface area contributed by atoms with Crippen molar-refractivity contribution in [2.45, 2.75) is 0 Å². The second kappa shape index (κ2) is 7.60. The summed E-state index contributed by atoms with van der Waals surface area (Å²) in [5, 5.41) is 19.5. The van der Waals surface area contributed by atoms with Crippen LogP contribution < -0.4 is 0 Å². The van der Waals surface area contributed by atoms with Crippen molar-refractivity contribution >= 4 is 22.5 Å². The van der Waals surface area contributed by atoms with Gasteiger partial charge in [-0.05, 0) is 12.1 Å². The van der Waals surface area contributed by atoms with Crippen molar-refractivity contribution in [3.63, 3.8) is 0 Å². The van der Waals surface area contributed by atoms with Crippen LogP contribution in [0.4, 0.5) is 11.6 Å². The van der Waals surface area contributed by atoms with Gasteiger partial charge < -0.3 is 10.1 Å². The molecule has 5 aromatic rings. The van der Waals surface area contributed by atoms with E-state index >= 15 is 0 Å². The minimum atomic E-state index is -0.0394. The fourth-order valence-electron chi connectivity index (χ4n) is 3.30. The Morgan fingerprint density at radius 2 is 1.23 bits per heavy atom.